The molecule has 0 aliphatic carbocycles. The lowest BCUT2D eigenvalue weighted by Crippen LogP contribution is -2.19. The molecule has 0 aliphatic heterocycles. The van der Waals surface area contributed by atoms with Crippen LogP contribution in [0.2, 0.25) is 0 Å². The van der Waals surface area contributed by atoms with Gasteiger partial charge >= 0.3 is 0 Å². The third-order valence-corrected chi connectivity index (χ3v) is 3.01. The normalized spacial score (nSPS) is 9.95. The number of rotatable bonds is 8. The van der Waals surface area contributed by atoms with E-state index in [9.17, 15) is 0 Å². The number of benzene rings is 2. The maximum absolute atomic E-state index is 5.91. The van der Waals surface area contributed by atoms with Gasteiger partial charge < -0.3 is 14.8 Å². The van der Waals surface area contributed by atoms with E-state index < -0.39 is 0 Å². The standard InChI is InChI=1S/C17H21NO2.ClH/c1-19-12-11-18-13-16-9-5-6-10-17(16)20-14-15-7-3-2-4-8-15;/h2-10,18H,11-14H2,1H3;1H. The van der Waals surface area contributed by atoms with Crippen molar-refractivity contribution in [1.82, 2.24) is 5.32 Å². The molecule has 114 valence electrons. The van der Waals surface area contributed by atoms with E-state index in [4.69, 9.17) is 9.47 Å². The van der Waals surface area contributed by atoms with Gasteiger partial charge in [0, 0.05) is 25.8 Å². The quantitative estimate of drug-likeness (QED) is 0.758. The van der Waals surface area contributed by atoms with E-state index in [1.807, 2.05) is 36.4 Å². The molecule has 4 heteroatoms. The van der Waals surface area contributed by atoms with Crippen LogP contribution in [0.3, 0.4) is 0 Å². The summed E-state index contributed by atoms with van der Waals surface area (Å²) in [5, 5.41) is 3.34. The molecular formula is C17H22ClNO2. The van der Waals surface area contributed by atoms with Gasteiger partial charge in [0.05, 0.1) is 6.61 Å². The van der Waals surface area contributed by atoms with Crippen molar-refractivity contribution in [1.29, 1.82) is 0 Å². The van der Waals surface area contributed by atoms with Gasteiger partial charge in [-0.1, -0.05) is 48.5 Å². The number of ether oxygens (including phenoxy) is 2. The average Bonchev–Trinajstić information content (AvgIpc) is 2.51. The average molecular weight is 308 g/mol. The van der Waals surface area contributed by atoms with Gasteiger partial charge in [0.1, 0.15) is 12.4 Å². The smallest absolute Gasteiger partial charge is 0.124 e. The van der Waals surface area contributed by atoms with Crippen molar-refractivity contribution in [3.05, 3.63) is 65.7 Å². The molecule has 0 bridgehead atoms. The van der Waals surface area contributed by atoms with Crippen LogP contribution in [0.1, 0.15) is 11.1 Å². The first-order valence-electron chi connectivity index (χ1n) is 6.84. The fourth-order valence-electron chi connectivity index (χ4n) is 1.92. The van der Waals surface area contributed by atoms with Crippen molar-refractivity contribution in [3.8, 4) is 5.75 Å². The SMILES string of the molecule is COCCNCc1ccccc1OCc1ccccc1.Cl. The summed E-state index contributed by atoms with van der Waals surface area (Å²) in [5.74, 6) is 0.932. The van der Waals surface area contributed by atoms with E-state index in [-0.39, 0.29) is 12.4 Å². The Bertz CT molecular complexity index is 505. The lowest BCUT2D eigenvalue weighted by atomic mass is 10.2. The second kappa shape index (κ2) is 10.2. The molecular weight excluding hydrogens is 286 g/mol. The molecule has 0 radical (unpaired) electrons. The van der Waals surface area contributed by atoms with E-state index in [1.165, 1.54) is 11.1 Å². The molecule has 0 aromatic heterocycles. The molecule has 1 N–H and O–H groups in total. The Morgan fingerprint density at radius 1 is 0.952 bits per heavy atom. The Hall–Kier alpha value is -1.55. The molecule has 2 aromatic carbocycles. The van der Waals surface area contributed by atoms with Gasteiger partial charge in [0.25, 0.3) is 0 Å². The number of halogens is 1. The van der Waals surface area contributed by atoms with Crippen LogP contribution in [-0.4, -0.2) is 20.3 Å². The minimum absolute atomic E-state index is 0. The zero-order chi connectivity index (χ0) is 14.0. The van der Waals surface area contributed by atoms with Crippen molar-refractivity contribution < 1.29 is 9.47 Å². The van der Waals surface area contributed by atoms with Crippen LogP contribution >= 0.6 is 12.4 Å². The van der Waals surface area contributed by atoms with Gasteiger partial charge in [-0.05, 0) is 11.6 Å². The fourth-order valence-corrected chi connectivity index (χ4v) is 1.92. The minimum atomic E-state index is 0. The highest BCUT2D eigenvalue weighted by atomic mass is 35.5. The molecule has 0 spiro atoms. The summed E-state index contributed by atoms with van der Waals surface area (Å²) in [6.45, 7) is 2.93. The van der Waals surface area contributed by atoms with E-state index in [2.05, 4.69) is 23.5 Å². The van der Waals surface area contributed by atoms with E-state index in [0.29, 0.717) is 13.2 Å². The first-order chi connectivity index (χ1) is 9.90. The van der Waals surface area contributed by atoms with E-state index in [1.54, 1.807) is 7.11 Å². The molecule has 2 aromatic rings. The Morgan fingerprint density at radius 3 is 2.43 bits per heavy atom. The zero-order valence-electron chi connectivity index (χ0n) is 12.2. The maximum atomic E-state index is 5.91. The number of para-hydroxylation sites is 1. The Labute approximate surface area is 132 Å². The van der Waals surface area contributed by atoms with Gasteiger partial charge in [-0.15, -0.1) is 12.4 Å². The second-order valence-electron chi connectivity index (χ2n) is 4.55. The van der Waals surface area contributed by atoms with Crippen molar-refractivity contribution in [2.24, 2.45) is 0 Å². The number of nitrogens with one attached hydrogen (secondary N) is 1. The van der Waals surface area contributed by atoms with Crippen LogP contribution in [0.25, 0.3) is 0 Å². The summed E-state index contributed by atoms with van der Waals surface area (Å²) >= 11 is 0. The molecule has 0 amide bonds. The van der Waals surface area contributed by atoms with Gasteiger partial charge in [-0.3, -0.25) is 0 Å². The van der Waals surface area contributed by atoms with Gasteiger partial charge in [-0.25, -0.2) is 0 Å². The molecule has 0 heterocycles. The van der Waals surface area contributed by atoms with Crippen LogP contribution in [0.4, 0.5) is 0 Å². The Kier molecular flexibility index (Phi) is 8.51. The number of hydrogen-bond acceptors (Lipinski definition) is 3. The predicted octanol–water partition coefficient (Wildman–Crippen LogP) is 3.42. The van der Waals surface area contributed by atoms with E-state index >= 15 is 0 Å². The minimum Gasteiger partial charge on any atom is -0.489 e. The Morgan fingerprint density at radius 2 is 1.67 bits per heavy atom. The molecule has 3 nitrogen and oxygen atoms in total. The topological polar surface area (TPSA) is 30.5 Å². The summed E-state index contributed by atoms with van der Waals surface area (Å²) in [5.41, 5.74) is 2.34. The molecule has 0 unspecified atom stereocenters. The number of methoxy groups -OCH3 is 1. The molecule has 0 aliphatic rings. The summed E-state index contributed by atoms with van der Waals surface area (Å²) < 4.78 is 10.9. The van der Waals surface area contributed by atoms with Crippen LogP contribution < -0.4 is 10.1 Å². The monoisotopic (exact) mass is 307 g/mol. The van der Waals surface area contributed by atoms with Crippen molar-refractivity contribution in [2.45, 2.75) is 13.2 Å². The van der Waals surface area contributed by atoms with E-state index in [0.717, 1.165) is 18.8 Å². The highest BCUT2D eigenvalue weighted by Crippen LogP contribution is 2.19. The highest BCUT2D eigenvalue weighted by Gasteiger charge is 2.02. The van der Waals surface area contributed by atoms with Crippen LogP contribution in [0.5, 0.6) is 5.75 Å². The van der Waals surface area contributed by atoms with Crippen molar-refractivity contribution in [3.63, 3.8) is 0 Å². The van der Waals surface area contributed by atoms with Crippen LogP contribution in [0, 0.1) is 0 Å². The maximum Gasteiger partial charge on any atom is 0.124 e. The molecule has 0 saturated heterocycles. The van der Waals surface area contributed by atoms with Crippen molar-refractivity contribution in [2.75, 3.05) is 20.3 Å². The molecule has 0 fully saturated rings. The van der Waals surface area contributed by atoms with Gasteiger partial charge in [0.2, 0.25) is 0 Å². The third kappa shape index (κ3) is 6.17. The summed E-state index contributed by atoms with van der Waals surface area (Å²) in [6.07, 6.45) is 0. The fraction of sp³-hybridized carbons (Fsp3) is 0.294. The zero-order valence-corrected chi connectivity index (χ0v) is 13.1. The molecule has 0 atom stereocenters. The summed E-state index contributed by atoms with van der Waals surface area (Å²) in [4.78, 5) is 0. The van der Waals surface area contributed by atoms with Crippen LogP contribution in [-0.2, 0) is 17.9 Å². The Balaban J connectivity index is 0.00000220. The predicted molar refractivity (Wildman–Crippen MR) is 88.0 cm³/mol. The van der Waals surface area contributed by atoms with Gasteiger partial charge in [0.15, 0.2) is 0 Å². The van der Waals surface area contributed by atoms with Crippen molar-refractivity contribution >= 4 is 12.4 Å². The third-order valence-electron chi connectivity index (χ3n) is 3.01. The largest absolute Gasteiger partial charge is 0.489 e. The lowest BCUT2D eigenvalue weighted by molar-refractivity contribution is 0.199. The summed E-state index contributed by atoms with van der Waals surface area (Å²) in [7, 11) is 1.71. The molecule has 2 rings (SSSR count). The first kappa shape index (κ1) is 17.5. The highest BCUT2D eigenvalue weighted by molar-refractivity contribution is 5.85. The van der Waals surface area contributed by atoms with Gasteiger partial charge in [-0.2, -0.15) is 0 Å². The molecule has 0 saturated carbocycles. The van der Waals surface area contributed by atoms with Crippen LogP contribution in [0.15, 0.2) is 54.6 Å². The molecule has 21 heavy (non-hydrogen) atoms. The lowest BCUT2D eigenvalue weighted by Gasteiger charge is -2.12. The summed E-state index contributed by atoms with van der Waals surface area (Å²) in [6, 6.07) is 18.3. The first-order valence-corrected chi connectivity index (χ1v) is 6.84. The number of hydrogen-bond donors (Lipinski definition) is 1. The second-order valence-corrected chi connectivity index (χ2v) is 4.55.